The van der Waals surface area contributed by atoms with Gasteiger partial charge in [0.15, 0.2) is 6.61 Å². The number of pyridine rings is 1. The number of ether oxygens (including phenoxy) is 1. The monoisotopic (exact) mass is 290 g/mol. The van der Waals surface area contributed by atoms with Crippen molar-refractivity contribution in [3.63, 3.8) is 0 Å². The summed E-state index contributed by atoms with van der Waals surface area (Å²) in [6.45, 7) is 2.01. The average Bonchev–Trinajstić information content (AvgIpc) is 2.48. The van der Waals surface area contributed by atoms with Crippen LogP contribution in [0.3, 0.4) is 0 Å². The summed E-state index contributed by atoms with van der Waals surface area (Å²) in [6, 6.07) is 11.0. The molecule has 5 heteroatoms. The summed E-state index contributed by atoms with van der Waals surface area (Å²) >= 11 is 5.72. The number of benzene rings is 1. The molecule has 1 aromatic carbocycles. The zero-order valence-corrected chi connectivity index (χ0v) is 11.9. The number of halogens is 1. The zero-order chi connectivity index (χ0) is 14.4. The minimum Gasteiger partial charge on any atom is -0.484 e. The van der Waals surface area contributed by atoms with Gasteiger partial charge in [0.1, 0.15) is 11.6 Å². The first-order chi connectivity index (χ1) is 9.67. The quantitative estimate of drug-likeness (QED) is 0.919. The molecule has 0 aliphatic heterocycles. The summed E-state index contributed by atoms with van der Waals surface area (Å²) in [6.07, 6.45) is 2.40. The third-order valence-electron chi connectivity index (χ3n) is 2.67. The molecule has 0 bridgehead atoms. The van der Waals surface area contributed by atoms with Gasteiger partial charge in [-0.15, -0.1) is 0 Å². The van der Waals surface area contributed by atoms with Crippen LogP contribution in [0.1, 0.15) is 12.5 Å². The molecule has 0 saturated heterocycles. The molecule has 4 nitrogen and oxygen atoms in total. The lowest BCUT2D eigenvalue weighted by Gasteiger charge is -2.08. The lowest BCUT2D eigenvalue weighted by atomic mass is 10.2. The third kappa shape index (κ3) is 4.24. The molecule has 2 aromatic rings. The van der Waals surface area contributed by atoms with Gasteiger partial charge >= 0.3 is 0 Å². The predicted molar refractivity (Wildman–Crippen MR) is 79.2 cm³/mol. The minimum atomic E-state index is -0.262. The summed E-state index contributed by atoms with van der Waals surface area (Å²) in [5.41, 5.74) is 1.17. The molecule has 2 rings (SSSR count). The molecule has 1 heterocycles. The maximum absolute atomic E-state index is 11.7. The second kappa shape index (κ2) is 6.91. The number of aryl methyl sites for hydroxylation is 1. The minimum absolute atomic E-state index is 0.0581. The van der Waals surface area contributed by atoms with Crippen LogP contribution in [0.4, 0.5) is 5.82 Å². The van der Waals surface area contributed by atoms with Crippen LogP contribution in [0.2, 0.25) is 5.02 Å². The third-order valence-corrected chi connectivity index (χ3v) is 2.90. The second-order valence-electron chi connectivity index (χ2n) is 4.20. The van der Waals surface area contributed by atoms with Gasteiger partial charge in [-0.1, -0.05) is 30.7 Å². The van der Waals surface area contributed by atoms with Crippen LogP contribution in [0.15, 0.2) is 42.6 Å². The SMILES string of the molecule is CCc1cccc(OCC(=O)Nc2ccc(Cl)cn2)c1. The van der Waals surface area contributed by atoms with Crippen molar-refractivity contribution in [3.05, 3.63) is 53.2 Å². The van der Waals surface area contributed by atoms with E-state index < -0.39 is 0 Å². The molecule has 20 heavy (non-hydrogen) atoms. The van der Waals surface area contributed by atoms with Gasteiger partial charge in [0.25, 0.3) is 5.91 Å². The molecular formula is C15H15ClN2O2. The lowest BCUT2D eigenvalue weighted by molar-refractivity contribution is -0.118. The predicted octanol–water partition coefficient (Wildman–Crippen LogP) is 3.31. The van der Waals surface area contributed by atoms with E-state index in [0.29, 0.717) is 16.6 Å². The van der Waals surface area contributed by atoms with Gasteiger partial charge in [-0.2, -0.15) is 0 Å². The van der Waals surface area contributed by atoms with E-state index in [4.69, 9.17) is 16.3 Å². The zero-order valence-electron chi connectivity index (χ0n) is 11.1. The Bertz CT molecular complexity index is 585. The Hall–Kier alpha value is -2.07. The van der Waals surface area contributed by atoms with E-state index in [2.05, 4.69) is 17.2 Å². The van der Waals surface area contributed by atoms with E-state index in [9.17, 15) is 4.79 Å². The van der Waals surface area contributed by atoms with Crippen LogP contribution in [0.25, 0.3) is 0 Å². The van der Waals surface area contributed by atoms with Crippen molar-refractivity contribution in [2.45, 2.75) is 13.3 Å². The molecule has 1 amide bonds. The fourth-order valence-corrected chi connectivity index (χ4v) is 1.74. The second-order valence-corrected chi connectivity index (χ2v) is 4.64. The number of carbonyl (C=O) groups is 1. The highest BCUT2D eigenvalue weighted by atomic mass is 35.5. The highest BCUT2D eigenvalue weighted by Crippen LogP contribution is 2.14. The van der Waals surface area contributed by atoms with E-state index >= 15 is 0 Å². The average molecular weight is 291 g/mol. The first-order valence-corrected chi connectivity index (χ1v) is 6.68. The van der Waals surface area contributed by atoms with Gasteiger partial charge in [0.2, 0.25) is 0 Å². The van der Waals surface area contributed by atoms with Crippen molar-refractivity contribution in [1.82, 2.24) is 4.98 Å². The van der Waals surface area contributed by atoms with E-state index in [-0.39, 0.29) is 12.5 Å². The smallest absolute Gasteiger partial charge is 0.263 e. The van der Waals surface area contributed by atoms with Crippen molar-refractivity contribution < 1.29 is 9.53 Å². The molecule has 0 atom stereocenters. The van der Waals surface area contributed by atoms with Crippen LogP contribution in [0.5, 0.6) is 5.75 Å². The lowest BCUT2D eigenvalue weighted by Crippen LogP contribution is -2.20. The van der Waals surface area contributed by atoms with Crippen LogP contribution in [0, 0.1) is 0 Å². The summed E-state index contributed by atoms with van der Waals surface area (Å²) in [5.74, 6) is 0.871. The van der Waals surface area contributed by atoms with Gasteiger partial charge in [0, 0.05) is 6.20 Å². The summed E-state index contributed by atoms with van der Waals surface area (Å²) in [5, 5.41) is 3.16. The molecule has 0 aliphatic carbocycles. The fraction of sp³-hybridized carbons (Fsp3) is 0.200. The van der Waals surface area contributed by atoms with Gasteiger partial charge in [-0.05, 0) is 36.2 Å². The standard InChI is InChI=1S/C15H15ClN2O2/c1-2-11-4-3-5-13(8-11)20-10-15(19)18-14-7-6-12(16)9-17-14/h3-9H,2,10H2,1H3,(H,17,18,19). The maximum atomic E-state index is 11.7. The molecule has 0 unspecified atom stereocenters. The van der Waals surface area contributed by atoms with Crippen molar-refractivity contribution in [2.24, 2.45) is 0 Å². The number of hydrogen-bond donors (Lipinski definition) is 1. The highest BCUT2D eigenvalue weighted by Gasteiger charge is 2.05. The Morgan fingerprint density at radius 2 is 2.20 bits per heavy atom. The maximum Gasteiger partial charge on any atom is 0.263 e. The first kappa shape index (κ1) is 14.3. The van der Waals surface area contributed by atoms with Crippen LogP contribution >= 0.6 is 11.6 Å². The topological polar surface area (TPSA) is 51.2 Å². The normalized spacial score (nSPS) is 10.1. The summed E-state index contributed by atoms with van der Waals surface area (Å²) in [7, 11) is 0. The highest BCUT2D eigenvalue weighted by molar-refractivity contribution is 6.30. The van der Waals surface area contributed by atoms with Gasteiger partial charge in [0.05, 0.1) is 5.02 Å². The Morgan fingerprint density at radius 1 is 1.35 bits per heavy atom. The Morgan fingerprint density at radius 3 is 2.90 bits per heavy atom. The Balaban J connectivity index is 1.87. The van der Waals surface area contributed by atoms with Crippen LogP contribution < -0.4 is 10.1 Å². The number of carbonyl (C=O) groups excluding carboxylic acids is 1. The molecule has 0 fully saturated rings. The molecule has 1 aromatic heterocycles. The fourth-order valence-electron chi connectivity index (χ4n) is 1.63. The van der Waals surface area contributed by atoms with E-state index in [0.717, 1.165) is 6.42 Å². The van der Waals surface area contributed by atoms with Crippen molar-refractivity contribution in [3.8, 4) is 5.75 Å². The Labute approximate surface area is 122 Å². The number of anilines is 1. The first-order valence-electron chi connectivity index (χ1n) is 6.30. The summed E-state index contributed by atoms with van der Waals surface area (Å²) < 4.78 is 5.44. The Kier molecular flexibility index (Phi) is 4.96. The number of hydrogen-bond acceptors (Lipinski definition) is 3. The van der Waals surface area contributed by atoms with E-state index in [1.807, 2.05) is 24.3 Å². The van der Waals surface area contributed by atoms with Crippen molar-refractivity contribution in [1.29, 1.82) is 0 Å². The molecule has 104 valence electrons. The summed E-state index contributed by atoms with van der Waals surface area (Å²) in [4.78, 5) is 15.7. The van der Waals surface area contributed by atoms with Crippen molar-refractivity contribution >= 4 is 23.3 Å². The van der Waals surface area contributed by atoms with Gasteiger partial charge in [-0.25, -0.2) is 4.98 Å². The largest absolute Gasteiger partial charge is 0.484 e. The van der Waals surface area contributed by atoms with Gasteiger partial charge < -0.3 is 10.1 Å². The molecule has 0 spiro atoms. The van der Waals surface area contributed by atoms with Crippen LogP contribution in [-0.2, 0) is 11.2 Å². The molecule has 0 radical (unpaired) electrons. The number of rotatable bonds is 5. The number of amides is 1. The molecule has 1 N–H and O–H groups in total. The molecule has 0 aliphatic rings. The number of nitrogens with one attached hydrogen (secondary N) is 1. The number of nitrogens with zero attached hydrogens (tertiary/aromatic N) is 1. The number of aromatic nitrogens is 1. The van der Waals surface area contributed by atoms with E-state index in [1.165, 1.54) is 11.8 Å². The van der Waals surface area contributed by atoms with Crippen molar-refractivity contribution in [2.75, 3.05) is 11.9 Å². The van der Waals surface area contributed by atoms with Gasteiger partial charge in [-0.3, -0.25) is 4.79 Å². The van der Waals surface area contributed by atoms with Crippen LogP contribution in [-0.4, -0.2) is 17.5 Å². The molecule has 0 saturated carbocycles. The molecular weight excluding hydrogens is 276 g/mol. The van der Waals surface area contributed by atoms with E-state index in [1.54, 1.807) is 12.1 Å².